The molecule has 0 fully saturated rings. The van der Waals surface area contributed by atoms with Gasteiger partial charge in [-0.05, 0) is 24.3 Å². The summed E-state index contributed by atoms with van der Waals surface area (Å²) in [6, 6.07) is 9.77. The zero-order valence-corrected chi connectivity index (χ0v) is 13.6. The molecule has 2 aromatic heterocycles. The highest BCUT2D eigenvalue weighted by molar-refractivity contribution is 5.99. The summed E-state index contributed by atoms with van der Waals surface area (Å²) in [5, 5.41) is 7.08. The molecule has 0 radical (unpaired) electrons. The van der Waals surface area contributed by atoms with Crippen molar-refractivity contribution in [2.45, 2.75) is 0 Å². The molecule has 1 N–H and O–H groups in total. The maximum absolute atomic E-state index is 13.5. The maximum atomic E-state index is 13.5. The van der Waals surface area contributed by atoms with Crippen LogP contribution in [0.15, 0.2) is 55.0 Å². The standard InChI is InChI=1S/C18H17FN4O2/c1-23-12-14(17(22-23)13-5-4-8-20-11-13)18(24)21-9-10-25-16-7-3-2-6-15(16)19/h2-8,11-12H,9-10H2,1H3,(H,21,24). The zero-order chi connectivity index (χ0) is 17.6. The second kappa shape index (κ2) is 7.57. The summed E-state index contributed by atoms with van der Waals surface area (Å²) in [6.45, 7) is 0.406. The second-order valence-electron chi connectivity index (χ2n) is 5.34. The Balaban J connectivity index is 1.62. The fourth-order valence-electron chi connectivity index (χ4n) is 2.35. The van der Waals surface area contributed by atoms with Crippen molar-refractivity contribution in [1.29, 1.82) is 0 Å². The highest BCUT2D eigenvalue weighted by Gasteiger charge is 2.17. The van der Waals surface area contributed by atoms with Gasteiger partial charge in [-0.1, -0.05) is 12.1 Å². The summed E-state index contributed by atoms with van der Waals surface area (Å²) >= 11 is 0. The number of hydrogen-bond donors (Lipinski definition) is 1. The zero-order valence-electron chi connectivity index (χ0n) is 13.6. The first kappa shape index (κ1) is 16.6. The van der Waals surface area contributed by atoms with Crippen molar-refractivity contribution in [2.75, 3.05) is 13.2 Å². The number of rotatable bonds is 6. The summed E-state index contributed by atoms with van der Waals surface area (Å²) in [5.41, 5.74) is 1.76. The molecule has 0 aliphatic heterocycles. The summed E-state index contributed by atoms with van der Waals surface area (Å²) in [7, 11) is 1.75. The summed E-state index contributed by atoms with van der Waals surface area (Å²) in [5.74, 6) is -0.543. The van der Waals surface area contributed by atoms with E-state index in [-0.39, 0.29) is 24.8 Å². The molecule has 3 aromatic rings. The summed E-state index contributed by atoms with van der Waals surface area (Å²) in [6.07, 6.45) is 4.96. The van der Waals surface area contributed by atoms with Crippen LogP contribution in [0.4, 0.5) is 4.39 Å². The fourth-order valence-corrected chi connectivity index (χ4v) is 2.35. The normalized spacial score (nSPS) is 10.5. The second-order valence-corrected chi connectivity index (χ2v) is 5.34. The summed E-state index contributed by atoms with van der Waals surface area (Å²) < 4.78 is 20.4. The van der Waals surface area contributed by atoms with Crippen molar-refractivity contribution in [2.24, 2.45) is 7.05 Å². The van der Waals surface area contributed by atoms with Gasteiger partial charge in [0.15, 0.2) is 11.6 Å². The third kappa shape index (κ3) is 4.00. The number of hydrogen-bond acceptors (Lipinski definition) is 4. The molecule has 6 nitrogen and oxygen atoms in total. The lowest BCUT2D eigenvalue weighted by Crippen LogP contribution is -2.28. The molecule has 0 saturated carbocycles. The van der Waals surface area contributed by atoms with Gasteiger partial charge in [0.2, 0.25) is 0 Å². The average molecular weight is 340 g/mol. The van der Waals surface area contributed by atoms with Crippen LogP contribution in [-0.4, -0.2) is 33.8 Å². The van der Waals surface area contributed by atoms with Crippen molar-refractivity contribution in [3.63, 3.8) is 0 Å². The van der Waals surface area contributed by atoms with E-state index in [2.05, 4.69) is 15.4 Å². The third-order valence-electron chi connectivity index (χ3n) is 3.49. The van der Waals surface area contributed by atoms with E-state index in [1.165, 1.54) is 6.07 Å². The molecular formula is C18H17FN4O2. The maximum Gasteiger partial charge on any atom is 0.255 e. The van der Waals surface area contributed by atoms with Crippen molar-refractivity contribution in [3.8, 4) is 17.0 Å². The quantitative estimate of drug-likeness (QED) is 0.700. The minimum Gasteiger partial charge on any atom is -0.489 e. The molecule has 0 aliphatic rings. The SMILES string of the molecule is Cn1cc(C(=O)NCCOc2ccccc2F)c(-c2cccnc2)n1. The number of carbonyl (C=O) groups is 1. The largest absolute Gasteiger partial charge is 0.489 e. The average Bonchev–Trinajstić information content (AvgIpc) is 3.03. The van der Waals surface area contributed by atoms with E-state index < -0.39 is 5.82 Å². The number of nitrogens with zero attached hydrogens (tertiary/aromatic N) is 3. The number of pyridine rings is 1. The number of amides is 1. The molecule has 25 heavy (non-hydrogen) atoms. The molecule has 3 rings (SSSR count). The smallest absolute Gasteiger partial charge is 0.255 e. The Morgan fingerprint density at radius 3 is 2.88 bits per heavy atom. The Kier molecular flexibility index (Phi) is 5.03. The molecule has 7 heteroatoms. The minimum atomic E-state index is -0.431. The Labute approximate surface area is 144 Å². The van der Waals surface area contributed by atoms with Crippen LogP contribution in [0.5, 0.6) is 5.75 Å². The molecule has 0 spiro atoms. The number of aromatic nitrogens is 3. The predicted molar refractivity (Wildman–Crippen MR) is 90.7 cm³/mol. The van der Waals surface area contributed by atoms with Crippen molar-refractivity contribution < 1.29 is 13.9 Å². The minimum absolute atomic E-state index is 0.161. The summed E-state index contributed by atoms with van der Waals surface area (Å²) in [4.78, 5) is 16.5. The monoisotopic (exact) mass is 340 g/mol. The van der Waals surface area contributed by atoms with E-state index >= 15 is 0 Å². The molecule has 0 bridgehead atoms. The van der Waals surface area contributed by atoms with Crippen LogP contribution in [0.1, 0.15) is 10.4 Å². The van der Waals surface area contributed by atoms with E-state index in [1.54, 1.807) is 54.6 Å². The number of para-hydroxylation sites is 1. The fraction of sp³-hybridized carbons (Fsp3) is 0.167. The van der Waals surface area contributed by atoms with Crippen LogP contribution in [0.3, 0.4) is 0 Å². The Bertz CT molecular complexity index is 865. The number of aryl methyl sites for hydroxylation is 1. The molecule has 1 aromatic carbocycles. The molecular weight excluding hydrogens is 323 g/mol. The highest BCUT2D eigenvalue weighted by Crippen LogP contribution is 2.20. The van der Waals surface area contributed by atoms with E-state index in [0.717, 1.165) is 5.56 Å². The first-order chi connectivity index (χ1) is 12.1. The number of halogens is 1. The molecule has 2 heterocycles. The van der Waals surface area contributed by atoms with Crippen molar-refractivity contribution >= 4 is 5.91 Å². The molecule has 0 saturated heterocycles. The van der Waals surface area contributed by atoms with Crippen molar-refractivity contribution in [3.05, 3.63) is 66.4 Å². The first-order valence-electron chi connectivity index (χ1n) is 7.74. The van der Waals surface area contributed by atoms with Gasteiger partial charge in [-0.25, -0.2) is 4.39 Å². The number of ether oxygens (including phenoxy) is 1. The molecule has 1 amide bonds. The molecule has 0 unspecified atom stereocenters. The number of carbonyl (C=O) groups excluding carboxylic acids is 1. The van der Waals surface area contributed by atoms with Gasteiger partial charge in [0.25, 0.3) is 5.91 Å². The van der Waals surface area contributed by atoms with Gasteiger partial charge in [-0.15, -0.1) is 0 Å². The molecule has 0 aliphatic carbocycles. The van der Waals surface area contributed by atoms with Gasteiger partial charge in [-0.2, -0.15) is 5.10 Å². The van der Waals surface area contributed by atoms with Crippen LogP contribution in [0.2, 0.25) is 0 Å². The lowest BCUT2D eigenvalue weighted by molar-refractivity contribution is 0.0947. The van der Waals surface area contributed by atoms with Gasteiger partial charge in [-0.3, -0.25) is 14.5 Å². The highest BCUT2D eigenvalue weighted by atomic mass is 19.1. The van der Waals surface area contributed by atoms with Gasteiger partial charge >= 0.3 is 0 Å². The predicted octanol–water partition coefficient (Wildman–Crippen LogP) is 2.43. The molecule has 0 atom stereocenters. The molecule has 128 valence electrons. The lowest BCUT2D eigenvalue weighted by Gasteiger charge is -2.08. The number of benzene rings is 1. The Hall–Kier alpha value is -3.22. The van der Waals surface area contributed by atoms with Crippen LogP contribution in [-0.2, 0) is 7.05 Å². The van der Waals surface area contributed by atoms with Crippen LogP contribution in [0.25, 0.3) is 11.3 Å². The van der Waals surface area contributed by atoms with E-state index in [9.17, 15) is 9.18 Å². The topological polar surface area (TPSA) is 69.0 Å². The van der Waals surface area contributed by atoms with E-state index in [4.69, 9.17) is 4.74 Å². The van der Waals surface area contributed by atoms with E-state index in [1.807, 2.05) is 6.07 Å². The van der Waals surface area contributed by atoms with Gasteiger partial charge < -0.3 is 10.1 Å². The third-order valence-corrected chi connectivity index (χ3v) is 3.49. The van der Waals surface area contributed by atoms with Crippen LogP contribution in [0, 0.1) is 5.82 Å². The van der Waals surface area contributed by atoms with Crippen LogP contribution >= 0.6 is 0 Å². The van der Waals surface area contributed by atoms with Gasteiger partial charge in [0, 0.05) is 31.2 Å². The van der Waals surface area contributed by atoms with Gasteiger partial charge in [0.1, 0.15) is 12.3 Å². The lowest BCUT2D eigenvalue weighted by atomic mass is 10.1. The Morgan fingerprint density at radius 1 is 1.28 bits per heavy atom. The number of nitrogens with one attached hydrogen (secondary N) is 1. The van der Waals surface area contributed by atoms with Crippen molar-refractivity contribution in [1.82, 2.24) is 20.1 Å². The van der Waals surface area contributed by atoms with Gasteiger partial charge in [0.05, 0.1) is 12.1 Å². The Morgan fingerprint density at radius 2 is 2.12 bits per heavy atom. The van der Waals surface area contributed by atoms with Crippen LogP contribution < -0.4 is 10.1 Å². The van der Waals surface area contributed by atoms with E-state index in [0.29, 0.717) is 11.3 Å². The first-order valence-corrected chi connectivity index (χ1v) is 7.74.